The highest BCUT2D eigenvalue weighted by Gasteiger charge is 2.14. The van der Waals surface area contributed by atoms with Crippen LogP contribution in [0.3, 0.4) is 0 Å². The molecule has 0 N–H and O–H groups in total. The highest BCUT2D eigenvalue weighted by Crippen LogP contribution is 2.25. The number of carbonyl (C=O) groups is 1. The average Bonchev–Trinajstić information content (AvgIpc) is 2.69. The van der Waals surface area contributed by atoms with E-state index in [1.165, 1.54) is 13.3 Å². The minimum Gasteiger partial charge on any atom is -0.479 e. The van der Waals surface area contributed by atoms with Crippen molar-refractivity contribution < 1.29 is 19.0 Å². The summed E-state index contributed by atoms with van der Waals surface area (Å²) < 4.78 is 15.8. The highest BCUT2D eigenvalue weighted by molar-refractivity contribution is 5.78. The van der Waals surface area contributed by atoms with Crippen molar-refractivity contribution in [1.29, 1.82) is 0 Å². The van der Waals surface area contributed by atoms with Crippen molar-refractivity contribution in [2.75, 3.05) is 7.11 Å². The molecular weight excluding hydrogens is 350 g/mol. The SMILES string of the molecule is COC(=O)C(C)Oc1ccc(Oc2cnc3ccc(N=[N+]=[N-])cc3n2)cc1. The van der Waals surface area contributed by atoms with Crippen LogP contribution >= 0.6 is 0 Å². The molecule has 0 radical (unpaired) electrons. The first-order valence-corrected chi connectivity index (χ1v) is 7.93. The Morgan fingerprint density at radius 1 is 1.15 bits per heavy atom. The summed E-state index contributed by atoms with van der Waals surface area (Å²) in [4.78, 5) is 22.8. The standard InChI is InChI=1S/C18H15N5O4/c1-11(18(24)25-2)26-13-4-6-14(7-5-13)27-17-10-20-15-8-3-12(22-23-19)9-16(15)21-17/h3-11H,1-2H3. The Hall–Kier alpha value is -3.84. The molecule has 3 rings (SSSR count). The average molecular weight is 365 g/mol. The van der Waals surface area contributed by atoms with E-state index in [0.29, 0.717) is 28.2 Å². The summed E-state index contributed by atoms with van der Waals surface area (Å²) in [7, 11) is 1.30. The van der Waals surface area contributed by atoms with Gasteiger partial charge in [-0.15, -0.1) is 0 Å². The van der Waals surface area contributed by atoms with Crippen molar-refractivity contribution in [3.8, 4) is 17.4 Å². The second-order valence-corrected chi connectivity index (χ2v) is 5.43. The first-order chi connectivity index (χ1) is 13.1. The molecule has 0 aliphatic carbocycles. The van der Waals surface area contributed by atoms with Crippen LogP contribution in [0.1, 0.15) is 6.92 Å². The van der Waals surface area contributed by atoms with Crippen molar-refractivity contribution in [3.63, 3.8) is 0 Å². The van der Waals surface area contributed by atoms with Gasteiger partial charge < -0.3 is 14.2 Å². The van der Waals surface area contributed by atoms with Crippen LogP contribution in [-0.4, -0.2) is 29.2 Å². The molecule has 9 heteroatoms. The summed E-state index contributed by atoms with van der Waals surface area (Å²) in [6.45, 7) is 1.60. The topological polar surface area (TPSA) is 119 Å². The first-order valence-electron chi connectivity index (χ1n) is 7.93. The maximum atomic E-state index is 11.4. The van der Waals surface area contributed by atoms with Crippen LogP contribution in [-0.2, 0) is 9.53 Å². The van der Waals surface area contributed by atoms with Gasteiger partial charge in [-0.2, -0.15) is 0 Å². The van der Waals surface area contributed by atoms with Crippen LogP contribution < -0.4 is 9.47 Å². The zero-order valence-corrected chi connectivity index (χ0v) is 14.6. The summed E-state index contributed by atoms with van der Waals surface area (Å²) in [5, 5.41) is 3.55. The lowest BCUT2D eigenvalue weighted by atomic mass is 10.2. The largest absolute Gasteiger partial charge is 0.479 e. The maximum absolute atomic E-state index is 11.4. The maximum Gasteiger partial charge on any atom is 0.346 e. The number of hydrogen-bond acceptors (Lipinski definition) is 7. The molecule has 0 fully saturated rings. The van der Waals surface area contributed by atoms with E-state index in [2.05, 4.69) is 24.7 Å². The van der Waals surface area contributed by atoms with Gasteiger partial charge in [0.05, 0.1) is 24.3 Å². The fourth-order valence-electron chi connectivity index (χ4n) is 2.27. The summed E-state index contributed by atoms with van der Waals surface area (Å²) >= 11 is 0. The van der Waals surface area contributed by atoms with Crippen LogP contribution in [0.4, 0.5) is 5.69 Å². The van der Waals surface area contributed by atoms with E-state index >= 15 is 0 Å². The quantitative estimate of drug-likeness (QED) is 0.278. The minimum absolute atomic E-state index is 0.289. The molecule has 1 atom stereocenters. The number of rotatable bonds is 6. The van der Waals surface area contributed by atoms with E-state index in [9.17, 15) is 4.79 Å². The lowest BCUT2D eigenvalue weighted by Crippen LogP contribution is -2.24. The lowest BCUT2D eigenvalue weighted by molar-refractivity contribution is -0.147. The molecule has 0 amide bonds. The Kier molecular flexibility index (Phi) is 5.34. The molecule has 0 bridgehead atoms. The molecular formula is C18H15N5O4. The zero-order valence-electron chi connectivity index (χ0n) is 14.6. The van der Waals surface area contributed by atoms with Crippen LogP contribution in [0.2, 0.25) is 0 Å². The van der Waals surface area contributed by atoms with Gasteiger partial charge in [0.2, 0.25) is 5.88 Å². The first kappa shape index (κ1) is 18.0. The molecule has 0 aliphatic heterocycles. The summed E-state index contributed by atoms with van der Waals surface area (Å²) in [6, 6.07) is 11.7. The third kappa shape index (κ3) is 4.42. The Morgan fingerprint density at radius 2 is 1.89 bits per heavy atom. The Balaban J connectivity index is 1.74. The molecule has 136 valence electrons. The predicted molar refractivity (Wildman–Crippen MR) is 97.0 cm³/mol. The molecule has 0 spiro atoms. The number of azide groups is 1. The molecule has 1 aromatic heterocycles. The van der Waals surface area contributed by atoms with Gasteiger partial charge in [-0.25, -0.2) is 14.8 Å². The zero-order chi connectivity index (χ0) is 19.2. The van der Waals surface area contributed by atoms with Gasteiger partial charge in [0.25, 0.3) is 0 Å². The van der Waals surface area contributed by atoms with Crippen LogP contribution in [0.15, 0.2) is 53.8 Å². The number of esters is 1. The van der Waals surface area contributed by atoms with Gasteiger partial charge in [0.1, 0.15) is 11.5 Å². The van der Waals surface area contributed by atoms with E-state index < -0.39 is 12.1 Å². The molecule has 1 heterocycles. The van der Waals surface area contributed by atoms with Crippen molar-refractivity contribution in [2.45, 2.75) is 13.0 Å². The fraction of sp³-hybridized carbons (Fsp3) is 0.167. The summed E-state index contributed by atoms with van der Waals surface area (Å²) in [5.41, 5.74) is 10.2. The van der Waals surface area contributed by atoms with E-state index in [-0.39, 0.29) is 5.88 Å². The normalized spacial score (nSPS) is 11.3. The molecule has 1 unspecified atom stereocenters. The van der Waals surface area contributed by atoms with E-state index in [1.807, 2.05) is 0 Å². The number of methoxy groups -OCH3 is 1. The number of benzene rings is 2. The number of nitrogens with zero attached hydrogens (tertiary/aromatic N) is 5. The summed E-state index contributed by atoms with van der Waals surface area (Å²) in [5.74, 6) is 0.857. The number of carbonyl (C=O) groups excluding carboxylic acids is 1. The van der Waals surface area contributed by atoms with Gasteiger partial charge in [0, 0.05) is 10.6 Å². The van der Waals surface area contributed by atoms with Gasteiger partial charge in [-0.3, -0.25) is 0 Å². The van der Waals surface area contributed by atoms with Crippen molar-refractivity contribution in [3.05, 3.63) is 59.1 Å². The van der Waals surface area contributed by atoms with Crippen molar-refractivity contribution >= 4 is 22.7 Å². The van der Waals surface area contributed by atoms with Crippen LogP contribution in [0.25, 0.3) is 21.5 Å². The molecule has 2 aromatic carbocycles. The highest BCUT2D eigenvalue weighted by atomic mass is 16.6. The molecule has 0 saturated heterocycles. The molecule has 3 aromatic rings. The fourth-order valence-corrected chi connectivity index (χ4v) is 2.27. The van der Waals surface area contributed by atoms with Gasteiger partial charge >= 0.3 is 5.97 Å². The van der Waals surface area contributed by atoms with Crippen LogP contribution in [0.5, 0.6) is 17.4 Å². The van der Waals surface area contributed by atoms with Crippen LogP contribution in [0, 0.1) is 0 Å². The smallest absolute Gasteiger partial charge is 0.346 e. The van der Waals surface area contributed by atoms with E-state index in [4.69, 9.17) is 15.0 Å². The second-order valence-electron chi connectivity index (χ2n) is 5.43. The predicted octanol–water partition coefficient (Wildman–Crippen LogP) is 4.30. The molecule has 9 nitrogen and oxygen atoms in total. The Morgan fingerprint density at radius 3 is 2.59 bits per heavy atom. The summed E-state index contributed by atoms with van der Waals surface area (Å²) in [6.07, 6.45) is 0.789. The molecule has 0 saturated carbocycles. The number of hydrogen-bond donors (Lipinski definition) is 0. The Labute approximate surface area is 154 Å². The second kappa shape index (κ2) is 8.03. The third-order valence-corrected chi connectivity index (χ3v) is 3.56. The van der Waals surface area contributed by atoms with Crippen molar-refractivity contribution in [2.24, 2.45) is 5.11 Å². The van der Waals surface area contributed by atoms with Gasteiger partial charge in [-0.1, -0.05) is 11.2 Å². The lowest BCUT2D eigenvalue weighted by Gasteiger charge is -2.12. The van der Waals surface area contributed by atoms with Gasteiger partial charge in [-0.05, 0) is 48.9 Å². The van der Waals surface area contributed by atoms with Crippen molar-refractivity contribution in [1.82, 2.24) is 9.97 Å². The number of fused-ring (bicyclic) bond motifs is 1. The minimum atomic E-state index is -0.710. The number of ether oxygens (including phenoxy) is 3. The number of aromatic nitrogens is 2. The van der Waals surface area contributed by atoms with E-state index in [0.717, 1.165) is 0 Å². The van der Waals surface area contributed by atoms with Gasteiger partial charge in [0.15, 0.2) is 6.10 Å². The molecule has 27 heavy (non-hydrogen) atoms. The third-order valence-electron chi connectivity index (χ3n) is 3.56. The monoisotopic (exact) mass is 365 g/mol. The van der Waals surface area contributed by atoms with E-state index in [1.54, 1.807) is 49.4 Å². The molecule has 0 aliphatic rings. The Bertz CT molecular complexity index is 1020.